The molecule has 0 spiro atoms. The summed E-state index contributed by atoms with van der Waals surface area (Å²) in [4.78, 5) is 26.3. The first-order valence-electron chi connectivity index (χ1n) is 6.34. The first-order chi connectivity index (χ1) is 10.3. The van der Waals surface area contributed by atoms with Crippen LogP contribution in [0, 0.1) is 0 Å². The highest BCUT2D eigenvalue weighted by molar-refractivity contribution is 5.92. The first-order valence-corrected chi connectivity index (χ1v) is 6.34. The average Bonchev–Trinajstić information content (AvgIpc) is 2.48. The van der Waals surface area contributed by atoms with Gasteiger partial charge in [0, 0.05) is 18.9 Å². The van der Waals surface area contributed by atoms with Gasteiger partial charge in [0.05, 0.1) is 7.11 Å². The summed E-state index contributed by atoms with van der Waals surface area (Å²) in [5.74, 6) is -2.41. The van der Waals surface area contributed by atoms with E-state index in [0.29, 0.717) is 19.2 Å². The maximum absolute atomic E-state index is 13.0. The van der Waals surface area contributed by atoms with Crippen LogP contribution in [0.1, 0.15) is 29.3 Å². The van der Waals surface area contributed by atoms with Crippen molar-refractivity contribution >= 4 is 11.9 Å². The van der Waals surface area contributed by atoms with E-state index in [1.807, 2.05) is 6.92 Å². The van der Waals surface area contributed by atoms with Crippen LogP contribution in [-0.4, -0.2) is 37.1 Å². The van der Waals surface area contributed by atoms with Crippen molar-refractivity contribution in [2.24, 2.45) is 0 Å². The molecule has 22 heavy (non-hydrogen) atoms. The molecule has 1 heterocycles. The molecule has 0 saturated heterocycles. The summed E-state index contributed by atoms with van der Waals surface area (Å²) in [6, 6.07) is 0. The van der Waals surface area contributed by atoms with Gasteiger partial charge in [-0.15, -0.1) is 0 Å². The van der Waals surface area contributed by atoms with Gasteiger partial charge in [0.2, 0.25) is 0 Å². The van der Waals surface area contributed by atoms with Crippen molar-refractivity contribution in [1.29, 1.82) is 0 Å². The molecule has 122 valence electrons. The summed E-state index contributed by atoms with van der Waals surface area (Å²) in [5, 5.41) is 2.45. The number of esters is 1. The van der Waals surface area contributed by atoms with Crippen molar-refractivity contribution < 1.29 is 32.2 Å². The Morgan fingerprint density at radius 3 is 2.55 bits per heavy atom. The summed E-state index contributed by atoms with van der Waals surface area (Å²) in [6.07, 6.45) is -2.71. The van der Waals surface area contributed by atoms with Crippen molar-refractivity contribution in [1.82, 2.24) is 10.3 Å². The predicted octanol–water partition coefficient (Wildman–Crippen LogP) is 1.79. The van der Waals surface area contributed by atoms with Gasteiger partial charge >= 0.3 is 12.1 Å². The standard InChI is InChI=1S/C13H15F3N2O4/c1-3-4-18-10(19)7-22-11-8(12(20)21-2)5-17-6-9(11)13(14,15)16/h5-6H,3-4,7H2,1-2H3,(H,18,19). The zero-order chi connectivity index (χ0) is 16.8. The second-order valence-corrected chi connectivity index (χ2v) is 4.19. The van der Waals surface area contributed by atoms with E-state index in [9.17, 15) is 22.8 Å². The fraction of sp³-hybridized carbons (Fsp3) is 0.462. The highest BCUT2D eigenvalue weighted by Crippen LogP contribution is 2.37. The molecule has 1 amide bonds. The minimum Gasteiger partial charge on any atom is -0.482 e. The summed E-state index contributed by atoms with van der Waals surface area (Å²) in [5.41, 5.74) is -1.75. The summed E-state index contributed by atoms with van der Waals surface area (Å²) < 4.78 is 48.1. The van der Waals surface area contributed by atoms with Crippen molar-refractivity contribution in [2.75, 3.05) is 20.3 Å². The molecule has 0 radical (unpaired) electrons. The highest BCUT2D eigenvalue weighted by Gasteiger charge is 2.37. The van der Waals surface area contributed by atoms with Crippen LogP contribution in [0.4, 0.5) is 13.2 Å². The van der Waals surface area contributed by atoms with Crippen LogP contribution in [0.5, 0.6) is 5.75 Å². The lowest BCUT2D eigenvalue weighted by atomic mass is 10.1. The Kier molecular flexibility index (Phi) is 6.14. The van der Waals surface area contributed by atoms with Crippen LogP contribution in [0.2, 0.25) is 0 Å². The van der Waals surface area contributed by atoms with Gasteiger partial charge in [-0.3, -0.25) is 9.78 Å². The largest absolute Gasteiger partial charge is 0.482 e. The van der Waals surface area contributed by atoms with Gasteiger partial charge in [0.1, 0.15) is 16.9 Å². The molecule has 1 N–H and O–H groups in total. The number of carbonyl (C=O) groups is 2. The van der Waals surface area contributed by atoms with E-state index in [2.05, 4.69) is 15.0 Å². The van der Waals surface area contributed by atoms with Crippen LogP contribution in [0.25, 0.3) is 0 Å². The second kappa shape index (κ2) is 7.62. The van der Waals surface area contributed by atoms with Crippen molar-refractivity contribution in [3.8, 4) is 5.75 Å². The zero-order valence-electron chi connectivity index (χ0n) is 12.0. The van der Waals surface area contributed by atoms with E-state index in [0.717, 1.165) is 13.3 Å². The minimum absolute atomic E-state index is 0.370. The first kappa shape index (κ1) is 17.7. The third-order valence-corrected chi connectivity index (χ3v) is 2.53. The Morgan fingerprint density at radius 2 is 2.00 bits per heavy atom. The topological polar surface area (TPSA) is 77.5 Å². The lowest BCUT2D eigenvalue weighted by molar-refractivity contribution is -0.140. The number of carbonyl (C=O) groups excluding carboxylic acids is 2. The quantitative estimate of drug-likeness (QED) is 0.809. The fourth-order valence-corrected chi connectivity index (χ4v) is 1.51. The lowest BCUT2D eigenvalue weighted by Crippen LogP contribution is -2.30. The molecule has 0 aliphatic rings. The molecular weight excluding hydrogens is 305 g/mol. The molecule has 0 fully saturated rings. The van der Waals surface area contributed by atoms with Gasteiger partial charge in [-0.05, 0) is 6.42 Å². The molecule has 0 saturated carbocycles. The van der Waals surface area contributed by atoms with E-state index in [1.54, 1.807) is 0 Å². The SMILES string of the molecule is CCCNC(=O)COc1c(C(=O)OC)cncc1C(F)(F)F. The van der Waals surface area contributed by atoms with Gasteiger partial charge in [-0.2, -0.15) is 13.2 Å². The van der Waals surface area contributed by atoms with Gasteiger partial charge in [0.15, 0.2) is 6.61 Å². The Balaban J connectivity index is 3.07. The number of rotatable bonds is 6. The van der Waals surface area contributed by atoms with Crippen molar-refractivity contribution in [3.05, 3.63) is 23.5 Å². The molecule has 0 aromatic carbocycles. The van der Waals surface area contributed by atoms with Gasteiger partial charge in [-0.25, -0.2) is 4.79 Å². The number of aromatic nitrogens is 1. The number of pyridine rings is 1. The zero-order valence-corrected chi connectivity index (χ0v) is 12.0. The number of hydrogen-bond acceptors (Lipinski definition) is 5. The van der Waals surface area contributed by atoms with E-state index in [4.69, 9.17) is 4.74 Å². The third-order valence-electron chi connectivity index (χ3n) is 2.53. The van der Waals surface area contributed by atoms with Crippen LogP contribution >= 0.6 is 0 Å². The predicted molar refractivity (Wildman–Crippen MR) is 69.4 cm³/mol. The van der Waals surface area contributed by atoms with Crippen LogP contribution in [-0.2, 0) is 15.7 Å². The molecule has 0 aliphatic carbocycles. The monoisotopic (exact) mass is 320 g/mol. The molecule has 1 aromatic rings. The van der Waals surface area contributed by atoms with Gasteiger partial charge < -0.3 is 14.8 Å². The third kappa shape index (κ3) is 4.61. The molecule has 0 unspecified atom stereocenters. The molecule has 9 heteroatoms. The molecular formula is C13H15F3N2O4. The number of amides is 1. The van der Waals surface area contributed by atoms with Crippen LogP contribution < -0.4 is 10.1 Å². The Hall–Kier alpha value is -2.32. The fourth-order valence-electron chi connectivity index (χ4n) is 1.51. The number of alkyl halides is 3. The minimum atomic E-state index is -4.79. The average molecular weight is 320 g/mol. The molecule has 0 aliphatic heterocycles. The van der Waals surface area contributed by atoms with Crippen LogP contribution in [0.3, 0.4) is 0 Å². The number of nitrogens with zero attached hydrogens (tertiary/aromatic N) is 1. The smallest absolute Gasteiger partial charge is 0.421 e. The van der Waals surface area contributed by atoms with Gasteiger partial charge in [-0.1, -0.05) is 6.92 Å². The summed E-state index contributed by atoms with van der Waals surface area (Å²) in [7, 11) is 1.01. The van der Waals surface area contributed by atoms with E-state index >= 15 is 0 Å². The van der Waals surface area contributed by atoms with Crippen molar-refractivity contribution in [2.45, 2.75) is 19.5 Å². The molecule has 0 atom stereocenters. The second-order valence-electron chi connectivity index (χ2n) is 4.19. The molecule has 1 aromatic heterocycles. The summed E-state index contributed by atoms with van der Waals surface area (Å²) in [6.45, 7) is 1.53. The highest BCUT2D eigenvalue weighted by atomic mass is 19.4. The van der Waals surface area contributed by atoms with E-state index < -0.39 is 41.5 Å². The molecule has 1 rings (SSSR count). The number of nitrogens with one attached hydrogen (secondary N) is 1. The van der Waals surface area contributed by atoms with Crippen LogP contribution in [0.15, 0.2) is 12.4 Å². The maximum Gasteiger partial charge on any atom is 0.421 e. The Morgan fingerprint density at radius 1 is 1.32 bits per heavy atom. The van der Waals surface area contributed by atoms with Gasteiger partial charge in [0.25, 0.3) is 5.91 Å². The Bertz CT molecular complexity index is 547. The molecule has 0 bridgehead atoms. The molecule has 6 nitrogen and oxygen atoms in total. The Labute approximate surface area is 124 Å². The summed E-state index contributed by atoms with van der Waals surface area (Å²) >= 11 is 0. The van der Waals surface area contributed by atoms with E-state index in [1.165, 1.54) is 0 Å². The van der Waals surface area contributed by atoms with Crippen molar-refractivity contribution in [3.63, 3.8) is 0 Å². The lowest BCUT2D eigenvalue weighted by Gasteiger charge is -2.15. The number of ether oxygens (including phenoxy) is 2. The number of methoxy groups -OCH3 is 1. The number of halogens is 3. The number of hydrogen-bond donors (Lipinski definition) is 1. The van der Waals surface area contributed by atoms with E-state index in [-0.39, 0.29) is 0 Å². The maximum atomic E-state index is 13.0. The normalized spacial score (nSPS) is 11.0.